The first-order chi connectivity index (χ1) is 8.40. The van der Waals surface area contributed by atoms with Gasteiger partial charge in [-0.1, -0.05) is 67.2 Å². The van der Waals surface area contributed by atoms with Gasteiger partial charge in [-0.15, -0.1) is 0 Å². The van der Waals surface area contributed by atoms with Crippen molar-refractivity contribution in [3.63, 3.8) is 0 Å². The highest BCUT2D eigenvalue weighted by Crippen LogP contribution is 2.35. The van der Waals surface area contributed by atoms with Crippen molar-refractivity contribution in [1.29, 1.82) is 0 Å². The van der Waals surface area contributed by atoms with Gasteiger partial charge in [0.05, 0.1) is 0 Å². The van der Waals surface area contributed by atoms with E-state index in [1.807, 2.05) is 0 Å². The molecule has 0 bridgehead atoms. The summed E-state index contributed by atoms with van der Waals surface area (Å²) in [5, 5.41) is 0. The molecule has 5 atom stereocenters. The molecule has 0 heterocycles. The van der Waals surface area contributed by atoms with E-state index in [0.29, 0.717) is 23.7 Å². The van der Waals surface area contributed by atoms with Crippen molar-refractivity contribution in [3.8, 4) is 0 Å². The summed E-state index contributed by atoms with van der Waals surface area (Å²) in [5.74, 6) is 1.80. The first kappa shape index (κ1) is 14.7. The zero-order chi connectivity index (χ0) is 14.3. The van der Waals surface area contributed by atoms with E-state index in [-0.39, 0.29) is 12.2 Å². The van der Waals surface area contributed by atoms with Crippen LogP contribution in [0.4, 0.5) is 0 Å². The lowest BCUT2D eigenvalue weighted by Gasteiger charge is -2.34. The number of aldehydes is 1. The van der Waals surface area contributed by atoms with E-state index in [2.05, 4.69) is 41.5 Å². The molecule has 0 aromatic heterocycles. The molecule has 1 heteroatoms. The van der Waals surface area contributed by atoms with Gasteiger partial charge in [-0.2, -0.15) is 0 Å². The van der Waals surface area contributed by atoms with Gasteiger partial charge in [0.2, 0.25) is 0 Å². The minimum Gasteiger partial charge on any atom is -0.303 e. The molecule has 0 N–H and O–H groups in total. The normalized spacial score (nSPS) is 21.2. The fourth-order valence-electron chi connectivity index (χ4n) is 2.96. The second-order valence-corrected chi connectivity index (χ2v) is 5.73. The van der Waals surface area contributed by atoms with Crippen molar-refractivity contribution in [2.24, 2.45) is 29.6 Å². The molecule has 0 aliphatic heterocycles. The Kier molecular flexibility index (Phi) is 7.55. The second kappa shape index (κ2) is 8.72. The number of hydrogen-bond acceptors (Lipinski definition) is 1. The monoisotopic (exact) mass is 241 g/mol. The fraction of sp³-hybridized carbons (Fsp3) is 0.938. The molecule has 0 aliphatic carbocycles. The smallest absolute Gasteiger partial charge is 0.123 e. The molecule has 0 amide bonds. The van der Waals surface area contributed by atoms with E-state index in [0.717, 1.165) is 12.8 Å². The number of carbonyl (C=O) groups excluding carboxylic acids is 1. The Morgan fingerprint density at radius 3 is 1.94 bits per heavy atom. The van der Waals surface area contributed by atoms with E-state index in [4.69, 9.17) is 1.37 Å². The van der Waals surface area contributed by atoms with Crippen LogP contribution in [0, 0.1) is 29.6 Å². The molecule has 0 spiro atoms. The lowest BCUT2D eigenvalue weighted by Crippen LogP contribution is -2.30. The Morgan fingerprint density at radius 2 is 1.59 bits per heavy atom. The molecule has 0 aromatic carbocycles. The van der Waals surface area contributed by atoms with Crippen LogP contribution in [0.25, 0.3) is 0 Å². The van der Waals surface area contributed by atoms with E-state index in [1.165, 1.54) is 12.8 Å². The summed E-state index contributed by atoms with van der Waals surface area (Å²) in [4.78, 5) is 11.7. The molecule has 0 saturated carbocycles. The standard InChI is InChI=1S/C16H32O/c1-7-10-15(12(4)8-2)14(6)16(11-17)13(5)9-3/h11-16H,7-10H2,1-6H3/t12?,13-,14?,15+,16-/m0/s1/i11D. The maximum absolute atomic E-state index is 11.7. The minimum absolute atomic E-state index is 0.0828. The Balaban J connectivity index is 4.99. The van der Waals surface area contributed by atoms with Crippen LogP contribution in [0.15, 0.2) is 0 Å². The van der Waals surface area contributed by atoms with Crippen LogP contribution in [0.2, 0.25) is 0 Å². The van der Waals surface area contributed by atoms with Gasteiger partial charge >= 0.3 is 0 Å². The summed E-state index contributed by atoms with van der Waals surface area (Å²) < 4.78 is 7.58. The van der Waals surface area contributed by atoms with Crippen molar-refractivity contribution in [2.75, 3.05) is 0 Å². The third kappa shape index (κ3) is 4.81. The van der Waals surface area contributed by atoms with Crippen molar-refractivity contribution < 1.29 is 6.17 Å². The first-order valence-electron chi connectivity index (χ1n) is 7.90. The first-order valence-corrected chi connectivity index (χ1v) is 7.40. The van der Waals surface area contributed by atoms with Crippen LogP contribution in [0.5, 0.6) is 0 Å². The molecule has 0 fully saturated rings. The summed E-state index contributed by atoms with van der Waals surface area (Å²) in [6.45, 7) is 13.1. The van der Waals surface area contributed by atoms with Crippen molar-refractivity contribution >= 4 is 6.26 Å². The summed E-state index contributed by atoms with van der Waals surface area (Å²) in [5.41, 5.74) is 0. The summed E-state index contributed by atoms with van der Waals surface area (Å²) in [7, 11) is 0. The Morgan fingerprint density at radius 1 is 1.06 bits per heavy atom. The van der Waals surface area contributed by atoms with E-state index in [1.54, 1.807) is 0 Å². The topological polar surface area (TPSA) is 17.1 Å². The zero-order valence-corrected chi connectivity index (χ0v) is 12.6. The van der Waals surface area contributed by atoms with E-state index < -0.39 is 0 Å². The van der Waals surface area contributed by atoms with Crippen LogP contribution in [0.3, 0.4) is 0 Å². The molecule has 17 heavy (non-hydrogen) atoms. The van der Waals surface area contributed by atoms with Gasteiger partial charge in [0.25, 0.3) is 0 Å². The Bertz CT molecular complexity index is 239. The van der Waals surface area contributed by atoms with Gasteiger partial charge in [0, 0.05) is 5.92 Å². The third-order valence-electron chi connectivity index (χ3n) is 4.63. The highest BCUT2D eigenvalue weighted by Gasteiger charge is 2.30. The number of rotatable bonds is 9. The fourth-order valence-corrected chi connectivity index (χ4v) is 2.96. The van der Waals surface area contributed by atoms with E-state index >= 15 is 0 Å². The molecule has 0 aromatic rings. The highest BCUT2D eigenvalue weighted by atomic mass is 16.1. The molecule has 0 radical (unpaired) electrons. The second-order valence-electron chi connectivity index (χ2n) is 5.73. The van der Waals surface area contributed by atoms with Crippen LogP contribution >= 0.6 is 0 Å². The molecule has 2 unspecified atom stereocenters. The van der Waals surface area contributed by atoms with Gasteiger partial charge in [-0.3, -0.25) is 0 Å². The van der Waals surface area contributed by atoms with Gasteiger partial charge < -0.3 is 4.79 Å². The molecular formula is C16H32O. The molecule has 0 aliphatic rings. The number of carbonyl (C=O) groups is 1. The van der Waals surface area contributed by atoms with E-state index in [9.17, 15) is 4.79 Å². The van der Waals surface area contributed by atoms with Crippen molar-refractivity contribution in [3.05, 3.63) is 0 Å². The predicted octanol–water partition coefficient (Wildman–Crippen LogP) is 4.95. The van der Waals surface area contributed by atoms with Gasteiger partial charge in [0.1, 0.15) is 7.63 Å². The highest BCUT2D eigenvalue weighted by molar-refractivity contribution is 5.54. The Labute approximate surface area is 110 Å². The maximum Gasteiger partial charge on any atom is 0.123 e. The minimum atomic E-state index is -0.360. The zero-order valence-electron chi connectivity index (χ0n) is 13.6. The largest absolute Gasteiger partial charge is 0.303 e. The number of hydrogen-bond donors (Lipinski definition) is 0. The molecule has 0 saturated heterocycles. The summed E-state index contributed by atoms with van der Waals surface area (Å²) in [6, 6.07) is 0. The van der Waals surface area contributed by atoms with Crippen molar-refractivity contribution in [1.82, 2.24) is 0 Å². The lowest BCUT2D eigenvalue weighted by atomic mass is 9.70. The van der Waals surface area contributed by atoms with Gasteiger partial charge in [-0.25, -0.2) is 0 Å². The van der Waals surface area contributed by atoms with Gasteiger partial charge in [0.15, 0.2) is 0 Å². The molecule has 1 nitrogen and oxygen atoms in total. The van der Waals surface area contributed by atoms with Crippen LogP contribution in [-0.2, 0) is 4.79 Å². The average Bonchev–Trinajstić information content (AvgIpc) is 2.34. The lowest BCUT2D eigenvalue weighted by molar-refractivity contribution is -0.115. The SMILES string of the molecule is [2H]C(=O)[C@H](C(C)[C@H](CCC)C(C)CC)[C@@H](C)CC. The van der Waals surface area contributed by atoms with Crippen LogP contribution in [-0.4, -0.2) is 6.26 Å². The maximum atomic E-state index is 11.7. The third-order valence-corrected chi connectivity index (χ3v) is 4.63. The van der Waals surface area contributed by atoms with Gasteiger partial charge in [-0.05, 0) is 23.7 Å². The molecule has 102 valence electrons. The molecule has 0 rings (SSSR count). The Hall–Kier alpha value is -0.330. The quantitative estimate of drug-likeness (QED) is 0.522. The van der Waals surface area contributed by atoms with Crippen LogP contribution in [0.1, 0.15) is 68.6 Å². The summed E-state index contributed by atoms with van der Waals surface area (Å²) >= 11 is 0. The summed E-state index contributed by atoms with van der Waals surface area (Å²) in [6.07, 6.45) is 4.13. The average molecular weight is 241 g/mol. The molecular weight excluding hydrogens is 208 g/mol. The van der Waals surface area contributed by atoms with Crippen molar-refractivity contribution in [2.45, 2.75) is 67.2 Å². The predicted molar refractivity (Wildman–Crippen MR) is 76.0 cm³/mol. The van der Waals surface area contributed by atoms with Crippen LogP contribution < -0.4 is 0 Å².